The Hall–Kier alpha value is -3.26. The molecule has 30 aliphatic rings. The lowest BCUT2D eigenvalue weighted by atomic mass is 9.50. The van der Waals surface area contributed by atoms with E-state index in [4.69, 9.17) is 33.2 Å². The van der Waals surface area contributed by atoms with Gasteiger partial charge in [-0.2, -0.15) is 0 Å². The second-order valence-corrected chi connectivity index (χ2v) is 56.7. The third-order valence-corrected chi connectivity index (χ3v) is 51.0. The maximum Gasteiger partial charge on any atom is 0.347 e. The van der Waals surface area contributed by atoms with Crippen LogP contribution in [0.4, 0.5) is 0 Å². The van der Waals surface area contributed by atoms with Crippen molar-refractivity contribution in [2.24, 2.45) is 337 Å². The Morgan fingerprint density at radius 1 is 0.287 bits per heavy atom. The highest BCUT2D eigenvalue weighted by Gasteiger charge is 2.75. The van der Waals surface area contributed by atoms with Gasteiger partial charge in [0.1, 0.15) is 16.8 Å². The number of carbonyl (C=O) groups excluding carboxylic acids is 6. The number of hydrogen-bond acceptors (Lipinski definition) is 14. The zero-order valence-corrected chi connectivity index (χ0v) is 84.4. The highest BCUT2D eigenvalue weighted by Crippen LogP contribution is 2.79. The minimum absolute atomic E-state index is 0. The standard InChI is InChI=1S/C26H38O2.C20H30O3.C19H26O4.2C19H30O2.C14H22O.12CH4/c1-12-13(2)20-11-19(12)23-16-9-21(24(20)23)22(10-16)25(27)28-26(3)17-5-14-4-15(7-17)8-18(26)6-14;1-10-11(2)14-9-13(10)18-12-7-15(19(14)18)16(8-12)20(21)23-17-5-3-4-6-22-17;1-8-9(2)12-7-11(8)16-10-5-13(17(12)16)14(6-10)18(20)23-15-3-4-22-19(15)21;2*1-9-10(2)13-8-12(9)16-11-6-14(17(13)16)15(7-11)18(20)21-19(3,4)5;1-6-7(2)10-5-9(6)13-8-3-11(14(10)13)12(15)4-8;;;;;;;;;;;;/h12-24H,4-11H2,1-3H3;10-19H,3-9H2,1-2H3;8-17H,3-7H2,1-2H3;2*9-17H,6-8H2,1-5H3;6-15H,3-5H2,1-2H3;12*1H4. The van der Waals surface area contributed by atoms with Crippen molar-refractivity contribution < 1.29 is 67.0 Å². The fraction of sp³-hybridized carbons (Fsp3) is 0.953. The molecule has 2 aliphatic heterocycles. The summed E-state index contributed by atoms with van der Waals surface area (Å²) in [6.07, 6.45) is 32.8. The molecule has 0 amide bonds. The first-order valence-corrected chi connectivity index (χ1v) is 56.9. The Balaban J connectivity index is 0.000000152. The highest BCUT2D eigenvalue weighted by molar-refractivity contribution is 5.82. The van der Waals surface area contributed by atoms with Crippen LogP contribution in [0.15, 0.2) is 0 Å². The van der Waals surface area contributed by atoms with Crippen LogP contribution in [0.5, 0.6) is 0 Å². The molecule has 56 unspecified atom stereocenters. The van der Waals surface area contributed by atoms with Crippen LogP contribution in [0.2, 0.25) is 0 Å². The van der Waals surface area contributed by atoms with Crippen LogP contribution in [0.25, 0.3) is 0 Å². The zero-order valence-electron chi connectivity index (χ0n) is 84.4. The molecule has 28 aliphatic carbocycles. The second kappa shape index (κ2) is 42.5. The third-order valence-electron chi connectivity index (χ3n) is 51.0. The van der Waals surface area contributed by atoms with Crippen molar-refractivity contribution >= 4 is 35.8 Å². The van der Waals surface area contributed by atoms with Gasteiger partial charge in [0.2, 0.25) is 12.4 Å². The van der Waals surface area contributed by atoms with E-state index in [1.165, 1.54) is 109 Å². The van der Waals surface area contributed by atoms with Crippen LogP contribution >= 0.6 is 0 Å². The SMILES string of the molecule is C.C.C.C.C.C.C.C.C.C.C.C.CC1C(C)C2CC1C1C3CC(C(=O)OC(C)(C)C)C(C3)C21.CC1C(C)C2CC1C1C3CC(C(=O)OC(C)(C)C)C(C3)C21.CC1C(C)C2CC1C1C3CC(C(=O)OC4(C)C5CC6CC(C5)CC4C6)C(C3)C21.CC1C(C)C2CC1C1C3CC(C(=O)OC4CCCCO4)C(C3)C21.CC1C(C)C2CC1C1C3CC(C(=O)OC4CCOC4=O)C(C3)C21.CC1C(C)C2CC1C1C3CC(O)C(C3)C21. The van der Waals surface area contributed by atoms with Gasteiger partial charge >= 0.3 is 35.8 Å². The molecule has 0 aromatic heterocycles. The summed E-state index contributed by atoms with van der Waals surface area (Å²) in [6.45, 7) is 45.0. The van der Waals surface area contributed by atoms with E-state index in [1.54, 1.807) is 0 Å². The summed E-state index contributed by atoms with van der Waals surface area (Å²) in [5.41, 5.74) is -0.814. The smallest absolute Gasteiger partial charge is 0.347 e. The van der Waals surface area contributed by atoms with Crippen LogP contribution in [0, 0.1) is 337 Å². The van der Waals surface area contributed by atoms with Crippen molar-refractivity contribution in [1.82, 2.24) is 0 Å². The number of carbonyl (C=O) groups is 6. The van der Waals surface area contributed by atoms with Crippen LogP contribution in [-0.4, -0.2) is 89.4 Å². The Morgan fingerprint density at radius 3 is 0.818 bits per heavy atom. The minimum Gasteiger partial charge on any atom is -0.463 e. The molecule has 2 heterocycles. The molecule has 2 saturated heterocycles. The average molecular weight is 2000 g/mol. The predicted molar refractivity (Wildman–Crippen MR) is 581 cm³/mol. The molecule has 0 aromatic carbocycles. The third kappa shape index (κ3) is 18.2. The van der Waals surface area contributed by atoms with Gasteiger partial charge in [0.25, 0.3) is 0 Å². The first-order chi connectivity index (χ1) is 62.4. The highest BCUT2D eigenvalue weighted by atomic mass is 16.7. The molecule has 143 heavy (non-hydrogen) atoms. The van der Waals surface area contributed by atoms with Gasteiger partial charge in [-0.15, -0.1) is 0 Å². The van der Waals surface area contributed by atoms with Crippen molar-refractivity contribution in [2.45, 2.75) is 429 Å². The number of aliphatic hydroxyl groups is 1. The summed E-state index contributed by atoms with van der Waals surface area (Å²) >= 11 is 0. The molecule has 0 radical (unpaired) electrons. The number of cyclic esters (lactones) is 1. The molecule has 14 heteroatoms. The van der Waals surface area contributed by atoms with Gasteiger partial charge in [-0.05, 0) is 517 Å². The molecule has 824 valence electrons. The maximum atomic E-state index is 13.6. The van der Waals surface area contributed by atoms with E-state index in [9.17, 15) is 33.9 Å². The molecular weight excluding hydrogens is 1770 g/mol. The molecule has 0 aromatic rings. The van der Waals surface area contributed by atoms with Gasteiger partial charge in [-0.3, -0.25) is 24.0 Å². The number of aliphatic hydroxyl groups excluding tert-OH is 1. The van der Waals surface area contributed by atoms with Crippen LogP contribution in [-0.2, 0) is 61.9 Å². The summed E-state index contributed by atoms with van der Waals surface area (Å²) in [5, 5.41) is 10.0. The summed E-state index contributed by atoms with van der Waals surface area (Å²) < 4.78 is 39.8. The van der Waals surface area contributed by atoms with Gasteiger partial charge in [0, 0.05) is 12.8 Å². The van der Waals surface area contributed by atoms with Gasteiger partial charge in [0.05, 0.1) is 48.9 Å². The van der Waals surface area contributed by atoms with E-state index in [0.29, 0.717) is 60.4 Å². The van der Waals surface area contributed by atoms with Crippen LogP contribution in [0.3, 0.4) is 0 Å². The van der Waals surface area contributed by atoms with Gasteiger partial charge in [-0.1, -0.05) is 172 Å². The summed E-state index contributed by atoms with van der Waals surface area (Å²) in [4.78, 5) is 75.6. The molecule has 30 rings (SSSR count). The molecule has 0 spiro atoms. The van der Waals surface area contributed by atoms with E-state index in [1.807, 2.05) is 41.5 Å². The summed E-state index contributed by atoms with van der Waals surface area (Å²) in [5.74, 6) is 45.3. The summed E-state index contributed by atoms with van der Waals surface area (Å²) in [6, 6.07) is 0. The molecule has 1 N–H and O–H groups in total. The Labute approximate surface area is 877 Å². The van der Waals surface area contributed by atoms with Crippen LogP contribution < -0.4 is 0 Å². The second-order valence-electron chi connectivity index (χ2n) is 56.7. The molecule has 28 saturated carbocycles. The largest absolute Gasteiger partial charge is 0.463 e. The predicted octanol–water partition coefficient (Wildman–Crippen LogP) is 30.5. The maximum absolute atomic E-state index is 13.6. The first kappa shape index (κ1) is 118. The topological polar surface area (TPSA) is 187 Å². The van der Waals surface area contributed by atoms with Gasteiger partial charge in [-0.25, -0.2) is 4.79 Å². The Bertz CT molecular complexity index is 4260. The van der Waals surface area contributed by atoms with E-state index < -0.39 is 6.10 Å². The van der Waals surface area contributed by atoms with E-state index in [0.717, 1.165) is 325 Å². The molecule has 28 bridgehead atoms. The fourth-order valence-corrected chi connectivity index (χ4v) is 45.8. The molecular formula is C129H224O14. The number of rotatable bonds is 8. The summed E-state index contributed by atoms with van der Waals surface area (Å²) in [7, 11) is 0. The van der Waals surface area contributed by atoms with E-state index in [2.05, 4.69) is 90.0 Å². The lowest BCUT2D eigenvalue weighted by Gasteiger charge is -2.59. The average Bonchev–Trinajstić information content (AvgIpc) is 1.33. The van der Waals surface area contributed by atoms with E-state index in [-0.39, 0.29) is 184 Å². The monoisotopic (exact) mass is 2000 g/mol. The van der Waals surface area contributed by atoms with Crippen molar-refractivity contribution in [1.29, 1.82) is 0 Å². The van der Waals surface area contributed by atoms with Crippen molar-refractivity contribution in [3.63, 3.8) is 0 Å². The number of hydrogen-bond donors (Lipinski definition) is 1. The number of esters is 6. The first-order valence-electron chi connectivity index (χ1n) is 56.9. The van der Waals surface area contributed by atoms with Gasteiger partial charge in [0.15, 0.2) is 0 Å². The van der Waals surface area contributed by atoms with Gasteiger partial charge < -0.3 is 38.3 Å². The van der Waals surface area contributed by atoms with Crippen molar-refractivity contribution in [2.75, 3.05) is 13.2 Å². The van der Waals surface area contributed by atoms with Crippen LogP contribution in [0.1, 0.15) is 394 Å². The quantitative estimate of drug-likeness (QED) is 0.137. The molecule has 14 nitrogen and oxygen atoms in total. The fourth-order valence-electron chi connectivity index (χ4n) is 45.8. The lowest BCUT2D eigenvalue weighted by molar-refractivity contribution is -0.209. The molecule has 56 atom stereocenters. The number of fused-ring (bicyclic) bond motifs is 54. The normalized spacial score (nSPS) is 54.1. The van der Waals surface area contributed by atoms with E-state index >= 15 is 0 Å². The number of ether oxygens (including phenoxy) is 7. The molecule has 30 fully saturated rings. The van der Waals surface area contributed by atoms with Crippen molar-refractivity contribution in [3.05, 3.63) is 0 Å². The van der Waals surface area contributed by atoms with Crippen molar-refractivity contribution in [3.8, 4) is 0 Å². The zero-order chi connectivity index (χ0) is 91.1. The minimum atomic E-state index is -0.642. The lowest BCUT2D eigenvalue weighted by Crippen LogP contribution is -2.58. The Morgan fingerprint density at radius 2 is 0.545 bits per heavy atom. The Kier molecular flexibility index (Phi) is 35.2.